The highest BCUT2D eigenvalue weighted by atomic mass is 33.2. The van der Waals surface area contributed by atoms with Crippen LogP contribution in [0.5, 0.6) is 0 Å². The van der Waals surface area contributed by atoms with Gasteiger partial charge in [0.15, 0.2) is 12.3 Å². The summed E-state index contributed by atoms with van der Waals surface area (Å²) < 4.78 is 10.6. The van der Waals surface area contributed by atoms with E-state index in [0.29, 0.717) is 0 Å². The summed E-state index contributed by atoms with van der Waals surface area (Å²) in [5.41, 5.74) is 0. The van der Waals surface area contributed by atoms with Crippen LogP contribution in [0.15, 0.2) is 0 Å². The topological polar surface area (TPSA) is 37.3 Å². The Hall–Kier alpha value is 1.97. The molecule has 0 saturated heterocycles. The Bertz CT molecular complexity index is 135. The highest BCUT2D eigenvalue weighted by molar-refractivity contribution is 8.95. The molecule has 0 radical (unpaired) electrons. The van der Waals surface area contributed by atoms with Crippen molar-refractivity contribution in [3.63, 3.8) is 0 Å². The average Bonchev–Trinajstić information content (AvgIpc) is 1.62. The van der Waals surface area contributed by atoms with E-state index in [4.69, 9.17) is 4.89 Å². The van der Waals surface area contributed by atoms with Crippen LogP contribution >= 0.6 is 44.3 Å². The summed E-state index contributed by atoms with van der Waals surface area (Å²) in [5, 5.41) is -2.75. The average molecular weight is 226 g/mol. The van der Waals surface area contributed by atoms with Crippen molar-refractivity contribution in [3.8, 4) is 0 Å². The molecule has 3 unspecified atom stereocenters. The second-order valence-corrected chi connectivity index (χ2v) is 17.6. The zero-order valence-electron chi connectivity index (χ0n) is 3.61. The van der Waals surface area contributed by atoms with Gasteiger partial charge in [0.25, 0.3) is 0 Å². The lowest BCUT2D eigenvalue weighted by Crippen LogP contribution is -1.48. The SMILES string of the molecule is O=[PH](PS)P(O)(=S)S. The molecule has 0 saturated carbocycles. The van der Waals surface area contributed by atoms with Crippen molar-refractivity contribution >= 4 is 56.1 Å². The van der Waals surface area contributed by atoms with Gasteiger partial charge in [-0.1, -0.05) is 0 Å². The zero-order valence-corrected chi connectivity index (χ0v) is 9.11. The molecule has 0 spiro atoms. The number of thiol groups is 2. The standard InChI is InChI=1S/H5O2P3S3/c1-4(3-6)5(2,7)8/h3-4,6H,(H2,2,7,8). The van der Waals surface area contributed by atoms with Gasteiger partial charge in [-0.2, -0.15) is 0 Å². The van der Waals surface area contributed by atoms with Crippen LogP contribution in [0, 0.1) is 0 Å². The van der Waals surface area contributed by atoms with E-state index in [1.165, 1.54) is 0 Å². The third kappa shape index (κ3) is 3.90. The molecule has 0 aromatic heterocycles. The Morgan fingerprint density at radius 2 is 2.25 bits per heavy atom. The molecule has 0 fully saturated rings. The van der Waals surface area contributed by atoms with Crippen LogP contribution in [0.2, 0.25) is 0 Å². The summed E-state index contributed by atoms with van der Waals surface area (Å²) in [4.78, 5) is 8.77. The van der Waals surface area contributed by atoms with Crippen molar-refractivity contribution in [1.82, 2.24) is 0 Å². The molecule has 0 heterocycles. The molecule has 0 aromatic carbocycles. The van der Waals surface area contributed by atoms with Crippen molar-refractivity contribution in [1.29, 1.82) is 0 Å². The van der Waals surface area contributed by atoms with Crippen molar-refractivity contribution in [2.45, 2.75) is 0 Å². The summed E-state index contributed by atoms with van der Waals surface area (Å²) in [6, 6.07) is 0. The first-order valence-electron chi connectivity index (χ1n) is 1.48. The number of rotatable bonds is 2. The Kier molecular flexibility index (Phi) is 4.96. The van der Waals surface area contributed by atoms with Crippen LogP contribution in [-0.2, 0) is 16.4 Å². The lowest BCUT2D eigenvalue weighted by molar-refractivity contribution is 0.596. The second-order valence-electron chi connectivity index (χ2n) is 0.961. The molecule has 1 N–H and O–H groups in total. The first-order valence-corrected chi connectivity index (χ1v) is 10.9. The summed E-state index contributed by atoms with van der Waals surface area (Å²) >= 11 is 11.8. The molecule has 0 aromatic rings. The van der Waals surface area contributed by atoms with Gasteiger partial charge in [0.1, 0.15) is 0 Å². The Labute approximate surface area is 65.6 Å². The van der Waals surface area contributed by atoms with Gasteiger partial charge in [-0.05, 0) is 11.8 Å². The van der Waals surface area contributed by atoms with Gasteiger partial charge in [-0.15, -0.1) is 24.5 Å². The lowest BCUT2D eigenvalue weighted by atomic mass is 15.9. The fourth-order valence-corrected chi connectivity index (χ4v) is 12.2. The van der Waals surface area contributed by atoms with Crippen LogP contribution in [0.4, 0.5) is 0 Å². The quantitative estimate of drug-likeness (QED) is 0.498. The zero-order chi connectivity index (χ0) is 6.78. The van der Waals surface area contributed by atoms with Gasteiger partial charge < -0.3 is 9.46 Å². The highest BCUT2D eigenvalue weighted by Gasteiger charge is 2.12. The van der Waals surface area contributed by atoms with E-state index in [1.807, 2.05) is 0 Å². The maximum atomic E-state index is 10.6. The first kappa shape index (κ1) is 9.97. The minimum absolute atomic E-state index is 0.0575. The van der Waals surface area contributed by atoms with Crippen LogP contribution in [0.25, 0.3) is 0 Å². The molecule has 0 aliphatic rings. The fraction of sp³-hybridized carbons (Fsp3) is 0. The molecular weight excluding hydrogens is 221 g/mol. The second kappa shape index (κ2) is 3.98. The van der Waals surface area contributed by atoms with Crippen molar-refractivity contribution in [2.24, 2.45) is 0 Å². The molecule has 2 nitrogen and oxygen atoms in total. The largest absolute Gasteiger partial charge is 0.352 e. The van der Waals surface area contributed by atoms with E-state index in [1.54, 1.807) is 0 Å². The normalized spacial score (nSPS) is 23.4. The monoisotopic (exact) mass is 226 g/mol. The summed E-state index contributed by atoms with van der Waals surface area (Å²) in [7, 11) is -2.11. The summed E-state index contributed by atoms with van der Waals surface area (Å²) in [6.07, 6.45) is 0. The lowest BCUT2D eigenvalue weighted by Gasteiger charge is -2.02. The van der Waals surface area contributed by atoms with Crippen LogP contribution in [0.1, 0.15) is 0 Å². The van der Waals surface area contributed by atoms with Gasteiger partial charge >= 0.3 is 0 Å². The minimum atomic E-state index is -2.75. The molecule has 3 atom stereocenters. The number of hydrogen-bond donors (Lipinski definition) is 3. The molecule has 8 heteroatoms. The molecule has 0 rings (SSSR count). The molecule has 50 valence electrons. The van der Waals surface area contributed by atoms with Gasteiger partial charge in [0.2, 0.25) is 0 Å². The Morgan fingerprint density at radius 3 is 2.25 bits per heavy atom. The van der Waals surface area contributed by atoms with Crippen molar-refractivity contribution in [3.05, 3.63) is 0 Å². The fourth-order valence-electron chi connectivity index (χ4n) is 0.0651. The van der Waals surface area contributed by atoms with E-state index in [9.17, 15) is 4.57 Å². The minimum Gasteiger partial charge on any atom is -0.352 e. The van der Waals surface area contributed by atoms with E-state index in [2.05, 4.69) is 36.3 Å². The van der Waals surface area contributed by atoms with Gasteiger partial charge in [0.05, 0.1) is 0 Å². The summed E-state index contributed by atoms with van der Waals surface area (Å²) in [5.74, 6) is 0. The Morgan fingerprint density at radius 1 is 1.88 bits per heavy atom. The maximum Gasteiger partial charge on any atom is 0.173 e. The van der Waals surface area contributed by atoms with Crippen molar-refractivity contribution < 1.29 is 9.46 Å². The van der Waals surface area contributed by atoms with E-state index in [-0.39, 0.29) is 7.47 Å². The van der Waals surface area contributed by atoms with Crippen LogP contribution < -0.4 is 0 Å². The highest BCUT2D eigenvalue weighted by Crippen LogP contribution is 2.78. The number of hydrogen-bond acceptors (Lipinski definition) is 3. The van der Waals surface area contributed by atoms with Gasteiger partial charge in [-0.3, -0.25) is 0 Å². The molecule has 0 bridgehead atoms. The van der Waals surface area contributed by atoms with E-state index >= 15 is 0 Å². The first-order chi connectivity index (χ1) is 3.48. The van der Waals surface area contributed by atoms with Crippen LogP contribution in [0.3, 0.4) is 0 Å². The van der Waals surface area contributed by atoms with Gasteiger partial charge in [-0.25, -0.2) is 0 Å². The summed E-state index contributed by atoms with van der Waals surface area (Å²) in [6.45, 7) is 0. The molecule has 0 amide bonds. The predicted molar refractivity (Wildman–Crippen MR) is 51.8 cm³/mol. The third-order valence-corrected chi connectivity index (χ3v) is 16.9. The van der Waals surface area contributed by atoms with Gasteiger partial charge in [0, 0.05) is 7.47 Å². The van der Waals surface area contributed by atoms with Crippen molar-refractivity contribution in [2.75, 3.05) is 0 Å². The molecule has 0 aliphatic heterocycles. The van der Waals surface area contributed by atoms with E-state index in [0.717, 1.165) is 0 Å². The Balaban J connectivity index is 4.04. The van der Waals surface area contributed by atoms with Crippen LogP contribution in [-0.4, -0.2) is 4.89 Å². The molecular formula is H5O2P3S3. The van der Waals surface area contributed by atoms with E-state index < -0.39 is 12.3 Å². The predicted octanol–water partition coefficient (Wildman–Crippen LogP) is 2.13. The smallest absolute Gasteiger partial charge is 0.173 e. The molecule has 8 heavy (non-hydrogen) atoms. The third-order valence-electron chi connectivity index (χ3n) is 0.360. The molecule has 0 aliphatic carbocycles. The maximum absolute atomic E-state index is 10.6.